The number of benzene rings is 1. The van der Waals surface area contributed by atoms with Crippen molar-refractivity contribution >= 4 is 33.5 Å². The van der Waals surface area contributed by atoms with Crippen LogP contribution in [0.4, 0.5) is 0 Å². The standard InChI is InChI=1S/C12H13BrOS/c13-12(7-4-8-15-12)9-11(14)10-5-2-1-3-6-10/h1-3,5-6H,4,7-9H2. The van der Waals surface area contributed by atoms with Crippen LogP contribution in [0.2, 0.25) is 0 Å². The molecule has 1 aliphatic heterocycles. The number of hydrogen-bond acceptors (Lipinski definition) is 2. The lowest BCUT2D eigenvalue weighted by Crippen LogP contribution is -2.17. The molecule has 1 unspecified atom stereocenters. The highest BCUT2D eigenvalue weighted by atomic mass is 79.9. The summed E-state index contributed by atoms with van der Waals surface area (Å²) >= 11 is 5.55. The van der Waals surface area contributed by atoms with Crippen LogP contribution in [0.5, 0.6) is 0 Å². The molecule has 2 rings (SSSR count). The molecule has 0 spiro atoms. The van der Waals surface area contributed by atoms with Crippen molar-refractivity contribution in [3.05, 3.63) is 35.9 Å². The maximum absolute atomic E-state index is 12.0. The summed E-state index contributed by atoms with van der Waals surface area (Å²) in [5.74, 6) is 1.40. The number of alkyl halides is 1. The predicted molar refractivity (Wildman–Crippen MR) is 68.7 cm³/mol. The Bertz CT molecular complexity index is 344. The minimum atomic E-state index is -0.0000746. The summed E-state index contributed by atoms with van der Waals surface area (Å²) in [6.07, 6.45) is 2.90. The second-order valence-corrected chi connectivity index (χ2v) is 7.32. The van der Waals surface area contributed by atoms with Gasteiger partial charge in [-0.25, -0.2) is 0 Å². The van der Waals surface area contributed by atoms with E-state index in [1.807, 2.05) is 42.1 Å². The summed E-state index contributed by atoms with van der Waals surface area (Å²) in [5.41, 5.74) is 0.823. The van der Waals surface area contributed by atoms with Crippen LogP contribution in [0.25, 0.3) is 0 Å². The van der Waals surface area contributed by atoms with Gasteiger partial charge in [-0.15, -0.1) is 11.8 Å². The topological polar surface area (TPSA) is 17.1 Å². The fourth-order valence-electron chi connectivity index (χ4n) is 1.77. The normalized spacial score (nSPS) is 25.4. The fraction of sp³-hybridized carbons (Fsp3) is 0.417. The molecule has 0 aromatic heterocycles. The van der Waals surface area contributed by atoms with Crippen LogP contribution in [0.3, 0.4) is 0 Å². The molecule has 0 aliphatic carbocycles. The Morgan fingerprint density at radius 2 is 2.13 bits per heavy atom. The van der Waals surface area contributed by atoms with E-state index in [9.17, 15) is 4.79 Å². The molecular formula is C12H13BrOS. The van der Waals surface area contributed by atoms with E-state index in [0.29, 0.717) is 6.42 Å². The Balaban J connectivity index is 2.04. The summed E-state index contributed by atoms with van der Waals surface area (Å²) < 4.78 is -0.0000746. The molecule has 1 aliphatic rings. The SMILES string of the molecule is O=C(CC1(Br)CCCS1)c1ccccc1. The molecule has 1 saturated heterocycles. The Kier molecular flexibility index (Phi) is 3.52. The van der Waals surface area contributed by atoms with Gasteiger partial charge in [0.05, 0.1) is 3.66 Å². The zero-order valence-corrected chi connectivity index (χ0v) is 10.8. The van der Waals surface area contributed by atoms with Crippen molar-refractivity contribution in [1.29, 1.82) is 0 Å². The second-order valence-electron chi connectivity index (χ2n) is 3.80. The highest BCUT2D eigenvalue weighted by molar-refractivity contribution is 9.12. The van der Waals surface area contributed by atoms with Crippen molar-refractivity contribution in [3.63, 3.8) is 0 Å². The molecule has 80 valence electrons. The first kappa shape index (κ1) is 11.2. The van der Waals surface area contributed by atoms with Gasteiger partial charge in [-0.1, -0.05) is 46.3 Å². The van der Waals surface area contributed by atoms with Gasteiger partial charge in [-0.05, 0) is 18.6 Å². The van der Waals surface area contributed by atoms with Crippen LogP contribution in [0.1, 0.15) is 29.6 Å². The lowest BCUT2D eigenvalue weighted by atomic mass is 10.0. The van der Waals surface area contributed by atoms with E-state index >= 15 is 0 Å². The zero-order chi connectivity index (χ0) is 10.7. The minimum Gasteiger partial charge on any atom is -0.294 e. The second kappa shape index (κ2) is 4.71. The van der Waals surface area contributed by atoms with Crippen molar-refractivity contribution < 1.29 is 4.79 Å². The molecule has 1 aromatic carbocycles. The number of rotatable bonds is 3. The van der Waals surface area contributed by atoms with E-state index < -0.39 is 0 Å². The molecule has 0 saturated carbocycles. The Morgan fingerprint density at radius 3 is 2.73 bits per heavy atom. The quantitative estimate of drug-likeness (QED) is 0.619. The zero-order valence-electron chi connectivity index (χ0n) is 8.41. The smallest absolute Gasteiger partial charge is 0.165 e. The molecule has 15 heavy (non-hydrogen) atoms. The lowest BCUT2D eigenvalue weighted by molar-refractivity contribution is 0.0979. The monoisotopic (exact) mass is 284 g/mol. The third kappa shape index (κ3) is 2.85. The van der Waals surface area contributed by atoms with E-state index in [1.165, 1.54) is 6.42 Å². The minimum absolute atomic E-state index is 0.0000746. The average Bonchev–Trinajstić information content (AvgIpc) is 2.66. The third-order valence-corrected chi connectivity index (χ3v) is 5.30. The van der Waals surface area contributed by atoms with Gasteiger partial charge in [-0.3, -0.25) is 4.79 Å². The average molecular weight is 285 g/mol. The highest BCUT2D eigenvalue weighted by Crippen LogP contribution is 2.46. The van der Waals surface area contributed by atoms with E-state index in [0.717, 1.165) is 17.7 Å². The third-order valence-electron chi connectivity index (χ3n) is 2.58. The van der Waals surface area contributed by atoms with Gasteiger partial charge in [0.2, 0.25) is 0 Å². The van der Waals surface area contributed by atoms with Crippen molar-refractivity contribution in [1.82, 2.24) is 0 Å². The number of Topliss-reactive ketones (excluding diaryl/α,β-unsaturated/α-hetero) is 1. The molecule has 1 heterocycles. The first-order valence-electron chi connectivity index (χ1n) is 5.11. The number of carbonyl (C=O) groups is 1. The molecule has 0 amide bonds. The lowest BCUT2D eigenvalue weighted by Gasteiger charge is -2.18. The largest absolute Gasteiger partial charge is 0.294 e. The van der Waals surface area contributed by atoms with E-state index in [1.54, 1.807) is 0 Å². The Hall–Kier alpha value is -0.280. The van der Waals surface area contributed by atoms with Gasteiger partial charge in [0.15, 0.2) is 5.78 Å². The van der Waals surface area contributed by atoms with Crippen molar-refractivity contribution in [2.75, 3.05) is 5.75 Å². The first-order chi connectivity index (χ1) is 7.20. The van der Waals surface area contributed by atoms with Crippen LogP contribution >= 0.6 is 27.7 Å². The van der Waals surface area contributed by atoms with Crippen LogP contribution < -0.4 is 0 Å². The van der Waals surface area contributed by atoms with Crippen molar-refractivity contribution in [2.45, 2.75) is 22.9 Å². The maximum atomic E-state index is 12.0. The van der Waals surface area contributed by atoms with E-state index in [4.69, 9.17) is 0 Å². The molecule has 1 aromatic rings. The van der Waals surface area contributed by atoms with Crippen LogP contribution in [-0.4, -0.2) is 15.2 Å². The van der Waals surface area contributed by atoms with Gasteiger partial charge in [0.25, 0.3) is 0 Å². The number of halogens is 1. The summed E-state index contributed by atoms with van der Waals surface area (Å²) in [6, 6.07) is 9.54. The Labute approximate surface area is 103 Å². The van der Waals surface area contributed by atoms with Crippen molar-refractivity contribution in [3.8, 4) is 0 Å². The van der Waals surface area contributed by atoms with Crippen LogP contribution in [-0.2, 0) is 0 Å². The van der Waals surface area contributed by atoms with Crippen LogP contribution in [0.15, 0.2) is 30.3 Å². The predicted octanol–water partition coefficient (Wildman–Crippen LogP) is 3.88. The molecule has 1 atom stereocenters. The maximum Gasteiger partial charge on any atom is 0.165 e. The fourth-order valence-corrected chi connectivity index (χ4v) is 3.97. The Morgan fingerprint density at radius 1 is 1.40 bits per heavy atom. The van der Waals surface area contributed by atoms with E-state index in [2.05, 4.69) is 15.9 Å². The highest BCUT2D eigenvalue weighted by Gasteiger charge is 2.34. The number of ketones is 1. The molecular weight excluding hydrogens is 272 g/mol. The summed E-state index contributed by atoms with van der Waals surface area (Å²) in [5, 5.41) is 0. The van der Waals surface area contributed by atoms with E-state index in [-0.39, 0.29) is 9.44 Å². The number of hydrogen-bond donors (Lipinski definition) is 0. The first-order valence-corrected chi connectivity index (χ1v) is 6.89. The molecule has 0 N–H and O–H groups in total. The summed E-state index contributed by atoms with van der Waals surface area (Å²) in [6.45, 7) is 0. The molecule has 1 nitrogen and oxygen atoms in total. The molecule has 3 heteroatoms. The number of carbonyl (C=O) groups excluding carboxylic acids is 1. The van der Waals surface area contributed by atoms with Gasteiger partial charge in [0.1, 0.15) is 0 Å². The molecule has 0 bridgehead atoms. The summed E-state index contributed by atoms with van der Waals surface area (Å²) in [4.78, 5) is 12.0. The molecule has 1 fully saturated rings. The van der Waals surface area contributed by atoms with Gasteiger partial charge in [-0.2, -0.15) is 0 Å². The van der Waals surface area contributed by atoms with Crippen molar-refractivity contribution in [2.24, 2.45) is 0 Å². The number of thioether (sulfide) groups is 1. The summed E-state index contributed by atoms with van der Waals surface area (Å²) in [7, 11) is 0. The van der Waals surface area contributed by atoms with Crippen LogP contribution in [0, 0.1) is 0 Å². The molecule has 0 radical (unpaired) electrons. The van der Waals surface area contributed by atoms with Gasteiger partial charge < -0.3 is 0 Å². The van der Waals surface area contributed by atoms with Gasteiger partial charge in [0, 0.05) is 12.0 Å². The van der Waals surface area contributed by atoms with Gasteiger partial charge >= 0.3 is 0 Å².